The minimum Gasteiger partial charge on any atom is -0.495 e. The van der Waals surface area contributed by atoms with Gasteiger partial charge in [0.05, 0.1) is 12.6 Å². The third kappa shape index (κ3) is 2.83. The summed E-state index contributed by atoms with van der Waals surface area (Å²) >= 11 is 1.45. The van der Waals surface area contributed by atoms with Crippen LogP contribution in [0.3, 0.4) is 0 Å². The van der Waals surface area contributed by atoms with Gasteiger partial charge in [-0.3, -0.25) is 4.79 Å². The summed E-state index contributed by atoms with van der Waals surface area (Å²) in [6.07, 6.45) is 0. The number of amides is 1. The van der Waals surface area contributed by atoms with Crippen molar-refractivity contribution in [3.8, 4) is 5.75 Å². The van der Waals surface area contributed by atoms with E-state index in [1.165, 1.54) is 11.3 Å². The topological polar surface area (TPSA) is 41.6 Å². The molecule has 1 aliphatic heterocycles. The van der Waals surface area contributed by atoms with Gasteiger partial charge in [-0.1, -0.05) is 13.8 Å². The highest BCUT2D eigenvalue weighted by Gasteiger charge is 2.39. The molecule has 0 bridgehead atoms. The van der Waals surface area contributed by atoms with E-state index in [-0.39, 0.29) is 11.4 Å². The van der Waals surface area contributed by atoms with Gasteiger partial charge in [0, 0.05) is 19.1 Å². The van der Waals surface area contributed by atoms with Gasteiger partial charge in [0.2, 0.25) is 0 Å². The SMILES string of the molecule is COc1ccsc1C(=O)N1CC(C(C)C)NCC1(C)C. The predicted molar refractivity (Wildman–Crippen MR) is 82.6 cm³/mol. The highest BCUT2D eigenvalue weighted by atomic mass is 32.1. The number of hydrogen-bond donors (Lipinski definition) is 1. The Kier molecular flexibility index (Phi) is 4.39. The molecule has 20 heavy (non-hydrogen) atoms. The molecule has 112 valence electrons. The zero-order valence-electron chi connectivity index (χ0n) is 12.9. The third-order valence-electron chi connectivity index (χ3n) is 4.00. The van der Waals surface area contributed by atoms with Crippen molar-refractivity contribution in [1.82, 2.24) is 10.2 Å². The van der Waals surface area contributed by atoms with Crippen LogP contribution in [-0.2, 0) is 0 Å². The summed E-state index contributed by atoms with van der Waals surface area (Å²) < 4.78 is 5.29. The molecule has 4 nitrogen and oxygen atoms in total. The highest BCUT2D eigenvalue weighted by molar-refractivity contribution is 7.12. The minimum atomic E-state index is -0.183. The molecule has 2 rings (SSSR count). The Labute approximate surface area is 125 Å². The molecular formula is C15H24N2O2S. The molecule has 1 N–H and O–H groups in total. The van der Waals surface area contributed by atoms with Gasteiger partial charge >= 0.3 is 0 Å². The van der Waals surface area contributed by atoms with E-state index in [1.54, 1.807) is 7.11 Å². The molecule has 1 atom stereocenters. The number of carbonyl (C=O) groups excluding carboxylic acids is 1. The second-order valence-corrected chi connectivity index (χ2v) is 7.19. The standard InChI is InChI=1S/C15H24N2O2S/c1-10(2)11-8-17(15(3,4)9-16-11)14(18)13-12(19-5)6-7-20-13/h6-7,10-11,16H,8-9H2,1-5H3. The number of hydrogen-bond acceptors (Lipinski definition) is 4. The number of nitrogens with zero attached hydrogens (tertiary/aromatic N) is 1. The molecule has 0 spiro atoms. The lowest BCUT2D eigenvalue weighted by atomic mass is 9.92. The lowest BCUT2D eigenvalue weighted by Crippen LogP contribution is -2.64. The Morgan fingerprint density at radius 2 is 2.25 bits per heavy atom. The Bertz CT molecular complexity index is 482. The molecule has 1 saturated heterocycles. The average molecular weight is 296 g/mol. The maximum Gasteiger partial charge on any atom is 0.268 e. The van der Waals surface area contributed by atoms with Crippen LogP contribution in [0, 0.1) is 5.92 Å². The van der Waals surface area contributed by atoms with E-state index in [1.807, 2.05) is 16.3 Å². The van der Waals surface area contributed by atoms with E-state index >= 15 is 0 Å². The monoisotopic (exact) mass is 296 g/mol. The first kappa shape index (κ1) is 15.3. The predicted octanol–water partition coefficient (Wildman–Crippen LogP) is 2.61. The molecule has 5 heteroatoms. The lowest BCUT2D eigenvalue weighted by molar-refractivity contribution is 0.0356. The summed E-state index contributed by atoms with van der Waals surface area (Å²) in [5.74, 6) is 1.26. The second kappa shape index (κ2) is 5.74. The van der Waals surface area contributed by atoms with Crippen LogP contribution in [0.1, 0.15) is 37.4 Å². The molecule has 1 fully saturated rings. The maximum absolute atomic E-state index is 12.9. The summed E-state index contributed by atoms with van der Waals surface area (Å²) in [6, 6.07) is 2.20. The van der Waals surface area contributed by atoms with Crippen molar-refractivity contribution >= 4 is 17.2 Å². The van der Waals surface area contributed by atoms with Gasteiger partial charge in [-0.15, -0.1) is 11.3 Å². The summed E-state index contributed by atoms with van der Waals surface area (Å²) in [5.41, 5.74) is -0.183. The molecule has 0 radical (unpaired) electrons. The van der Waals surface area contributed by atoms with Crippen LogP contribution in [0.25, 0.3) is 0 Å². The van der Waals surface area contributed by atoms with Crippen LogP contribution >= 0.6 is 11.3 Å². The molecule has 0 aromatic carbocycles. The van der Waals surface area contributed by atoms with Crippen LogP contribution in [0.4, 0.5) is 0 Å². The molecule has 2 heterocycles. The van der Waals surface area contributed by atoms with Crippen LogP contribution in [0.2, 0.25) is 0 Å². The summed E-state index contributed by atoms with van der Waals surface area (Å²) in [5, 5.41) is 5.45. The number of methoxy groups -OCH3 is 1. The lowest BCUT2D eigenvalue weighted by Gasteiger charge is -2.47. The van der Waals surface area contributed by atoms with Crippen molar-refractivity contribution < 1.29 is 9.53 Å². The molecule has 0 saturated carbocycles. The van der Waals surface area contributed by atoms with Crippen molar-refractivity contribution in [3.63, 3.8) is 0 Å². The molecule has 1 unspecified atom stereocenters. The zero-order chi connectivity index (χ0) is 14.9. The van der Waals surface area contributed by atoms with E-state index in [4.69, 9.17) is 4.74 Å². The number of rotatable bonds is 3. The maximum atomic E-state index is 12.9. The smallest absolute Gasteiger partial charge is 0.268 e. The van der Waals surface area contributed by atoms with Crippen LogP contribution in [0.15, 0.2) is 11.4 Å². The number of carbonyl (C=O) groups is 1. The Morgan fingerprint density at radius 1 is 1.55 bits per heavy atom. The molecule has 0 aliphatic carbocycles. The first-order valence-electron chi connectivity index (χ1n) is 7.03. The van der Waals surface area contributed by atoms with Crippen molar-refractivity contribution in [2.24, 2.45) is 5.92 Å². The van der Waals surface area contributed by atoms with Crippen molar-refractivity contribution in [3.05, 3.63) is 16.3 Å². The third-order valence-corrected chi connectivity index (χ3v) is 4.88. The fourth-order valence-corrected chi connectivity index (χ4v) is 3.33. The fraction of sp³-hybridized carbons (Fsp3) is 0.667. The van der Waals surface area contributed by atoms with Crippen molar-refractivity contribution in [1.29, 1.82) is 0 Å². The summed E-state index contributed by atoms with van der Waals surface area (Å²) in [7, 11) is 1.61. The Hall–Kier alpha value is -1.07. The van der Waals surface area contributed by atoms with Gasteiger partial charge < -0.3 is 15.0 Å². The van der Waals surface area contributed by atoms with Crippen LogP contribution in [-0.4, -0.2) is 42.6 Å². The Balaban J connectivity index is 2.25. The number of nitrogens with one attached hydrogen (secondary N) is 1. The van der Waals surface area contributed by atoms with Gasteiger partial charge in [0.15, 0.2) is 0 Å². The van der Waals surface area contributed by atoms with Gasteiger partial charge in [0.1, 0.15) is 10.6 Å². The van der Waals surface area contributed by atoms with E-state index in [0.29, 0.717) is 22.6 Å². The minimum absolute atomic E-state index is 0.0778. The molecule has 1 aliphatic rings. The average Bonchev–Trinajstić information content (AvgIpc) is 2.85. The van der Waals surface area contributed by atoms with Gasteiger partial charge in [0.25, 0.3) is 5.91 Å². The van der Waals surface area contributed by atoms with Gasteiger partial charge in [-0.05, 0) is 31.2 Å². The first-order chi connectivity index (χ1) is 9.36. The molecule has 1 aromatic rings. The van der Waals surface area contributed by atoms with Crippen molar-refractivity contribution in [2.45, 2.75) is 39.3 Å². The zero-order valence-corrected chi connectivity index (χ0v) is 13.7. The van der Waals surface area contributed by atoms with Gasteiger partial charge in [-0.2, -0.15) is 0 Å². The van der Waals surface area contributed by atoms with E-state index in [0.717, 1.165) is 13.1 Å². The highest BCUT2D eigenvalue weighted by Crippen LogP contribution is 2.30. The summed E-state index contributed by atoms with van der Waals surface area (Å²) in [6.45, 7) is 10.1. The van der Waals surface area contributed by atoms with E-state index in [2.05, 4.69) is 33.0 Å². The second-order valence-electron chi connectivity index (χ2n) is 6.28. The van der Waals surface area contributed by atoms with E-state index < -0.39 is 0 Å². The number of thiophene rings is 1. The van der Waals surface area contributed by atoms with E-state index in [9.17, 15) is 4.79 Å². The van der Waals surface area contributed by atoms with Crippen LogP contribution < -0.4 is 10.1 Å². The van der Waals surface area contributed by atoms with Gasteiger partial charge in [-0.25, -0.2) is 0 Å². The van der Waals surface area contributed by atoms with Crippen molar-refractivity contribution in [2.75, 3.05) is 20.2 Å². The molecular weight excluding hydrogens is 272 g/mol. The normalized spacial score (nSPS) is 22.1. The number of piperazine rings is 1. The first-order valence-corrected chi connectivity index (χ1v) is 7.91. The fourth-order valence-electron chi connectivity index (χ4n) is 2.53. The van der Waals surface area contributed by atoms with Crippen LogP contribution in [0.5, 0.6) is 5.75 Å². The summed E-state index contributed by atoms with van der Waals surface area (Å²) in [4.78, 5) is 15.5. The number of ether oxygens (including phenoxy) is 1. The molecule has 1 amide bonds. The molecule has 1 aromatic heterocycles. The quantitative estimate of drug-likeness (QED) is 0.932. The Morgan fingerprint density at radius 3 is 2.85 bits per heavy atom. The largest absolute Gasteiger partial charge is 0.495 e.